The summed E-state index contributed by atoms with van der Waals surface area (Å²) in [6, 6.07) is 6.78. The highest BCUT2D eigenvalue weighted by molar-refractivity contribution is 5.89. The summed E-state index contributed by atoms with van der Waals surface area (Å²) in [4.78, 5) is 59.3. The van der Waals surface area contributed by atoms with Gasteiger partial charge in [0.15, 0.2) is 12.2 Å². The molecule has 0 radical (unpaired) electrons. The lowest BCUT2D eigenvalue weighted by Crippen LogP contribution is -2.66. The fourth-order valence-corrected chi connectivity index (χ4v) is 3.14. The third-order valence-corrected chi connectivity index (χ3v) is 4.30. The molecule has 0 bridgehead atoms. The van der Waals surface area contributed by atoms with E-state index >= 15 is 0 Å². The van der Waals surface area contributed by atoms with Gasteiger partial charge in [-0.1, -0.05) is 18.2 Å². The molecule has 1 aromatic rings. The fourth-order valence-electron chi connectivity index (χ4n) is 3.14. The summed E-state index contributed by atoms with van der Waals surface area (Å²) in [5.74, 6) is -3.43. The Hall–Kier alpha value is -3.47. The van der Waals surface area contributed by atoms with Crippen LogP contribution in [-0.2, 0) is 42.9 Å². The van der Waals surface area contributed by atoms with Gasteiger partial charge in [-0.3, -0.25) is 19.2 Å². The molecule has 1 aromatic carbocycles. The number of esters is 4. The van der Waals surface area contributed by atoms with Gasteiger partial charge in [-0.2, -0.15) is 0 Å². The first-order valence-corrected chi connectivity index (χ1v) is 9.75. The van der Waals surface area contributed by atoms with E-state index in [-0.39, 0.29) is 5.56 Å². The highest BCUT2D eigenvalue weighted by Gasteiger charge is 2.52. The van der Waals surface area contributed by atoms with E-state index in [0.29, 0.717) is 0 Å². The lowest BCUT2D eigenvalue weighted by Gasteiger charge is -2.44. The van der Waals surface area contributed by atoms with E-state index in [0.717, 1.165) is 13.8 Å². The molecule has 5 atom stereocenters. The molecule has 0 unspecified atom stereocenters. The molecule has 1 amide bonds. The number of benzene rings is 1. The van der Waals surface area contributed by atoms with E-state index in [1.165, 1.54) is 26.0 Å². The second kappa shape index (κ2) is 11.2. The molecule has 1 aliphatic rings. The molecule has 0 spiro atoms. The largest absolute Gasteiger partial charge is 0.463 e. The van der Waals surface area contributed by atoms with Crippen LogP contribution in [0, 0.1) is 0 Å². The Morgan fingerprint density at radius 1 is 0.844 bits per heavy atom. The SMILES string of the molecule is CC(=O)N[C@@H]1[C@H](OC(=O)c2ccccc2)O[C@H](COC(C)=O)[C@@H](OC(C)=O)[C@H]1OC(C)=O. The number of hydrogen-bond donors (Lipinski definition) is 1. The average molecular weight is 451 g/mol. The minimum Gasteiger partial charge on any atom is -0.463 e. The summed E-state index contributed by atoms with van der Waals surface area (Å²) in [6.45, 7) is 4.23. The first-order chi connectivity index (χ1) is 15.1. The predicted molar refractivity (Wildman–Crippen MR) is 106 cm³/mol. The topological polar surface area (TPSA) is 144 Å². The molecule has 1 saturated heterocycles. The summed E-state index contributed by atoms with van der Waals surface area (Å²) in [5, 5.41) is 2.52. The molecule has 1 heterocycles. The number of amides is 1. The Kier molecular flexibility index (Phi) is 8.71. The Balaban J connectivity index is 2.42. The fraction of sp³-hybridized carbons (Fsp3) is 0.476. The Bertz CT molecular complexity index is 855. The van der Waals surface area contributed by atoms with E-state index in [1.54, 1.807) is 18.2 Å². The van der Waals surface area contributed by atoms with E-state index in [4.69, 9.17) is 23.7 Å². The molecule has 2 rings (SSSR count). The van der Waals surface area contributed by atoms with Crippen molar-refractivity contribution >= 4 is 29.8 Å². The van der Waals surface area contributed by atoms with Crippen LogP contribution >= 0.6 is 0 Å². The Morgan fingerprint density at radius 3 is 1.97 bits per heavy atom. The number of carbonyl (C=O) groups is 5. The highest BCUT2D eigenvalue weighted by Crippen LogP contribution is 2.28. The van der Waals surface area contributed by atoms with E-state index in [9.17, 15) is 24.0 Å². The van der Waals surface area contributed by atoms with Crippen molar-refractivity contribution < 1.29 is 47.7 Å². The smallest absolute Gasteiger partial charge is 0.340 e. The Morgan fingerprint density at radius 2 is 1.44 bits per heavy atom. The van der Waals surface area contributed by atoms with Gasteiger partial charge < -0.3 is 29.0 Å². The molecule has 1 N–H and O–H groups in total. The van der Waals surface area contributed by atoms with E-state index < -0.39 is 67.0 Å². The monoisotopic (exact) mass is 451 g/mol. The first kappa shape index (κ1) is 24.8. The standard InChI is InChI=1S/C21H25NO10/c1-11(23)22-17-19(30-14(4)26)18(29-13(3)25)16(10-28-12(2)24)31-21(17)32-20(27)15-8-6-5-7-9-15/h5-9,16-19,21H,10H2,1-4H3,(H,22,23)/t16-,17+,18-,19+,21+/m1/s1. The van der Waals surface area contributed by atoms with Crippen LogP contribution in [0.1, 0.15) is 38.1 Å². The summed E-state index contributed by atoms with van der Waals surface area (Å²) in [6.07, 6.45) is -5.18. The summed E-state index contributed by atoms with van der Waals surface area (Å²) < 4.78 is 26.8. The zero-order valence-corrected chi connectivity index (χ0v) is 18.1. The van der Waals surface area contributed by atoms with E-state index in [1.807, 2.05) is 0 Å². The predicted octanol–water partition coefficient (Wildman–Crippen LogP) is 0.499. The average Bonchev–Trinajstić information content (AvgIpc) is 2.70. The second-order valence-corrected chi connectivity index (χ2v) is 6.99. The number of carbonyl (C=O) groups excluding carboxylic acids is 5. The van der Waals surface area contributed by atoms with Crippen molar-refractivity contribution in [1.29, 1.82) is 0 Å². The molecular formula is C21H25NO10. The quantitative estimate of drug-likeness (QED) is 0.460. The van der Waals surface area contributed by atoms with Crippen molar-refractivity contribution in [2.45, 2.75) is 58.3 Å². The first-order valence-electron chi connectivity index (χ1n) is 9.75. The van der Waals surface area contributed by atoms with Gasteiger partial charge >= 0.3 is 23.9 Å². The molecule has 0 saturated carbocycles. The number of rotatable bonds is 7. The van der Waals surface area contributed by atoms with Crippen molar-refractivity contribution in [2.75, 3.05) is 6.61 Å². The van der Waals surface area contributed by atoms with Crippen LogP contribution in [0.15, 0.2) is 30.3 Å². The third kappa shape index (κ3) is 7.05. The summed E-state index contributed by atoms with van der Waals surface area (Å²) in [5.41, 5.74) is 0.209. The zero-order chi connectivity index (χ0) is 23.8. The van der Waals surface area contributed by atoms with Gasteiger partial charge in [0.25, 0.3) is 0 Å². The number of hydrogen-bond acceptors (Lipinski definition) is 10. The maximum Gasteiger partial charge on any atom is 0.340 e. The van der Waals surface area contributed by atoms with Crippen molar-refractivity contribution in [2.24, 2.45) is 0 Å². The van der Waals surface area contributed by atoms with Gasteiger partial charge in [0.1, 0.15) is 18.8 Å². The van der Waals surface area contributed by atoms with Gasteiger partial charge in [-0.05, 0) is 12.1 Å². The molecule has 1 fully saturated rings. The second-order valence-electron chi connectivity index (χ2n) is 6.99. The van der Waals surface area contributed by atoms with E-state index in [2.05, 4.69) is 5.32 Å². The summed E-state index contributed by atoms with van der Waals surface area (Å²) in [7, 11) is 0. The normalized spacial score (nSPS) is 24.6. The Labute approximate surface area is 184 Å². The van der Waals surface area contributed by atoms with Crippen LogP contribution in [0.5, 0.6) is 0 Å². The number of nitrogens with one attached hydrogen (secondary N) is 1. The molecule has 32 heavy (non-hydrogen) atoms. The van der Waals surface area contributed by atoms with Gasteiger partial charge in [0.05, 0.1) is 5.56 Å². The van der Waals surface area contributed by atoms with Crippen molar-refractivity contribution in [1.82, 2.24) is 5.32 Å². The van der Waals surface area contributed by atoms with Crippen LogP contribution in [-0.4, -0.2) is 67.0 Å². The van der Waals surface area contributed by atoms with Crippen LogP contribution in [0.4, 0.5) is 0 Å². The van der Waals surface area contributed by atoms with Crippen LogP contribution in [0.3, 0.4) is 0 Å². The van der Waals surface area contributed by atoms with Crippen LogP contribution in [0.25, 0.3) is 0 Å². The van der Waals surface area contributed by atoms with Crippen LogP contribution in [0.2, 0.25) is 0 Å². The zero-order valence-electron chi connectivity index (χ0n) is 18.1. The van der Waals surface area contributed by atoms with Crippen molar-refractivity contribution in [3.63, 3.8) is 0 Å². The van der Waals surface area contributed by atoms with Crippen molar-refractivity contribution in [3.05, 3.63) is 35.9 Å². The highest BCUT2D eigenvalue weighted by atomic mass is 16.7. The molecular weight excluding hydrogens is 426 g/mol. The van der Waals surface area contributed by atoms with Crippen LogP contribution < -0.4 is 5.32 Å². The molecule has 11 heteroatoms. The van der Waals surface area contributed by atoms with Gasteiger partial charge in [0.2, 0.25) is 12.2 Å². The van der Waals surface area contributed by atoms with Gasteiger partial charge in [0, 0.05) is 27.7 Å². The maximum absolute atomic E-state index is 12.6. The van der Waals surface area contributed by atoms with Gasteiger partial charge in [-0.25, -0.2) is 4.79 Å². The molecule has 0 aromatic heterocycles. The lowest BCUT2D eigenvalue weighted by atomic mass is 9.96. The maximum atomic E-state index is 12.6. The number of ether oxygens (including phenoxy) is 5. The molecule has 11 nitrogen and oxygen atoms in total. The molecule has 1 aliphatic heterocycles. The minimum absolute atomic E-state index is 0.209. The summed E-state index contributed by atoms with van der Waals surface area (Å²) >= 11 is 0. The lowest BCUT2D eigenvalue weighted by molar-refractivity contribution is -0.263. The van der Waals surface area contributed by atoms with Gasteiger partial charge in [-0.15, -0.1) is 0 Å². The third-order valence-electron chi connectivity index (χ3n) is 4.30. The molecule has 0 aliphatic carbocycles. The minimum atomic E-state index is -1.46. The van der Waals surface area contributed by atoms with Crippen molar-refractivity contribution in [3.8, 4) is 0 Å². The molecule has 174 valence electrons.